The molecule has 1 aliphatic carbocycles. The topological polar surface area (TPSA) is 15.3 Å². The van der Waals surface area contributed by atoms with Crippen molar-refractivity contribution in [3.8, 4) is 0 Å². The Morgan fingerprint density at radius 1 is 0.850 bits per heavy atom. The Hall–Kier alpha value is -0.0800. The normalized spacial score (nSPS) is 39.8. The zero-order valence-electron chi connectivity index (χ0n) is 13.8. The summed E-state index contributed by atoms with van der Waals surface area (Å²) in [6.07, 6.45) is 11.4. The van der Waals surface area contributed by atoms with Gasteiger partial charge in [0.05, 0.1) is 0 Å². The van der Waals surface area contributed by atoms with E-state index >= 15 is 0 Å². The third kappa shape index (κ3) is 3.39. The minimum absolute atomic E-state index is 0.514. The summed E-state index contributed by atoms with van der Waals surface area (Å²) in [7, 11) is 0. The molecule has 1 N–H and O–H groups in total. The number of fused-ring (bicyclic) bond motifs is 1. The Morgan fingerprint density at radius 2 is 1.60 bits per heavy atom. The number of rotatable bonds is 2. The van der Waals surface area contributed by atoms with Gasteiger partial charge in [0.1, 0.15) is 0 Å². The molecule has 116 valence electrons. The van der Waals surface area contributed by atoms with E-state index in [2.05, 4.69) is 31.0 Å². The van der Waals surface area contributed by atoms with Gasteiger partial charge >= 0.3 is 0 Å². The van der Waals surface area contributed by atoms with E-state index in [1.165, 1.54) is 64.5 Å². The van der Waals surface area contributed by atoms with Crippen molar-refractivity contribution in [2.45, 2.75) is 90.3 Å². The number of hydrogen-bond donors (Lipinski definition) is 1. The van der Waals surface area contributed by atoms with Gasteiger partial charge in [0.2, 0.25) is 0 Å². The lowest BCUT2D eigenvalue weighted by Gasteiger charge is -2.41. The minimum atomic E-state index is 0.514. The maximum absolute atomic E-state index is 4.02. The summed E-state index contributed by atoms with van der Waals surface area (Å²) in [4.78, 5) is 2.73. The van der Waals surface area contributed by atoms with E-state index in [1.807, 2.05) is 0 Å². The molecular formula is C18H34N2. The van der Waals surface area contributed by atoms with E-state index < -0.39 is 0 Å². The molecule has 2 saturated heterocycles. The first-order valence-corrected chi connectivity index (χ1v) is 9.02. The first-order chi connectivity index (χ1) is 9.52. The van der Waals surface area contributed by atoms with Crippen molar-refractivity contribution >= 4 is 0 Å². The molecule has 0 aromatic rings. The molecule has 0 amide bonds. The molecule has 3 rings (SSSR count). The molecule has 2 heteroatoms. The number of hydrogen-bond acceptors (Lipinski definition) is 2. The third-order valence-electron chi connectivity index (χ3n) is 6.24. The highest BCUT2D eigenvalue weighted by Gasteiger charge is 2.34. The number of nitrogens with zero attached hydrogens (tertiary/aromatic N) is 1. The lowest BCUT2D eigenvalue weighted by atomic mass is 9.71. The summed E-state index contributed by atoms with van der Waals surface area (Å²) in [6.45, 7) is 9.97. The van der Waals surface area contributed by atoms with E-state index in [0.717, 1.165) is 24.0 Å². The summed E-state index contributed by atoms with van der Waals surface area (Å²) in [5.74, 6) is 0.942. The summed E-state index contributed by atoms with van der Waals surface area (Å²) >= 11 is 0. The van der Waals surface area contributed by atoms with Crippen molar-refractivity contribution in [2.24, 2.45) is 11.3 Å². The van der Waals surface area contributed by atoms with Crippen LogP contribution in [0.1, 0.15) is 72.1 Å². The Kier molecular flexibility index (Phi) is 4.42. The predicted molar refractivity (Wildman–Crippen MR) is 86.0 cm³/mol. The second-order valence-electron chi connectivity index (χ2n) is 8.63. The molecule has 2 nitrogen and oxygen atoms in total. The van der Waals surface area contributed by atoms with E-state index in [9.17, 15) is 0 Å². The van der Waals surface area contributed by atoms with Crippen molar-refractivity contribution in [3.63, 3.8) is 0 Å². The minimum Gasteiger partial charge on any atom is -0.311 e. The largest absolute Gasteiger partial charge is 0.311 e. The average Bonchev–Trinajstić information content (AvgIpc) is 2.86. The van der Waals surface area contributed by atoms with Gasteiger partial charge in [-0.2, -0.15) is 0 Å². The van der Waals surface area contributed by atoms with Gasteiger partial charge in [0.15, 0.2) is 0 Å². The molecule has 2 unspecified atom stereocenters. The van der Waals surface area contributed by atoms with Crippen LogP contribution in [0.3, 0.4) is 0 Å². The molecule has 0 radical (unpaired) electrons. The maximum Gasteiger partial charge on any atom is 0.0111 e. The van der Waals surface area contributed by atoms with Crippen LogP contribution < -0.4 is 5.32 Å². The fourth-order valence-electron chi connectivity index (χ4n) is 4.84. The lowest BCUT2D eigenvalue weighted by Crippen LogP contribution is -2.49. The van der Waals surface area contributed by atoms with Gasteiger partial charge in [-0.1, -0.05) is 20.8 Å². The van der Waals surface area contributed by atoms with Crippen LogP contribution in [-0.2, 0) is 0 Å². The molecular weight excluding hydrogens is 244 g/mol. The fraction of sp³-hybridized carbons (Fsp3) is 1.00. The number of piperidine rings is 1. The van der Waals surface area contributed by atoms with Crippen molar-refractivity contribution in [2.75, 3.05) is 13.1 Å². The van der Waals surface area contributed by atoms with Crippen LogP contribution in [0.4, 0.5) is 0 Å². The molecule has 3 aliphatic rings. The van der Waals surface area contributed by atoms with Crippen LogP contribution in [0.5, 0.6) is 0 Å². The van der Waals surface area contributed by atoms with Gasteiger partial charge in [-0.25, -0.2) is 0 Å². The van der Waals surface area contributed by atoms with Crippen LogP contribution in [-0.4, -0.2) is 36.1 Å². The van der Waals surface area contributed by atoms with Crippen molar-refractivity contribution < 1.29 is 0 Å². The zero-order chi connectivity index (χ0) is 14.2. The van der Waals surface area contributed by atoms with Gasteiger partial charge in [-0.3, -0.25) is 0 Å². The molecule has 0 aromatic heterocycles. The average molecular weight is 278 g/mol. The number of nitrogens with one attached hydrogen (secondary N) is 1. The molecule has 2 aliphatic heterocycles. The monoisotopic (exact) mass is 278 g/mol. The predicted octanol–water partition coefficient (Wildman–Crippen LogP) is 3.81. The molecule has 0 bridgehead atoms. The standard InChI is InChI=1S/C18H34N2/c1-18(2,3)14-6-8-15(9-7-14)19-16-10-12-20-11-4-5-17(20)13-16/h14-17,19H,4-13H2,1-3H3. The highest BCUT2D eigenvalue weighted by molar-refractivity contribution is 4.92. The summed E-state index contributed by atoms with van der Waals surface area (Å²) < 4.78 is 0. The zero-order valence-corrected chi connectivity index (χ0v) is 13.8. The van der Waals surface area contributed by atoms with Gasteiger partial charge in [0.25, 0.3) is 0 Å². The molecule has 2 heterocycles. The van der Waals surface area contributed by atoms with E-state index in [0.29, 0.717) is 5.41 Å². The van der Waals surface area contributed by atoms with E-state index in [-0.39, 0.29) is 0 Å². The first kappa shape index (κ1) is 14.8. The van der Waals surface area contributed by atoms with Crippen LogP contribution >= 0.6 is 0 Å². The van der Waals surface area contributed by atoms with Crippen LogP contribution in [0.15, 0.2) is 0 Å². The molecule has 2 atom stereocenters. The molecule has 0 spiro atoms. The molecule has 20 heavy (non-hydrogen) atoms. The second-order valence-corrected chi connectivity index (χ2v) is 8.63. The summed E-state index contributed by atoms with van der Waals surface area (Å²) in [5, 5.41) is 4.02. The van der Waals surface area contributed by atoms with Gasteiger partial charge in [-0.15, -0.1) is 0 Å². The SMILES string of the molecule is CC(C)(C)C1CCC(NC2CCN3CCCC3C2)CC1. The Morgan fingerprint density at radius 3 is 2.30 bits per heavy atom. The van der Waals surface area contributed by atoms with Crippen molar-refractivity contribution in [1.29, 1.82) is 0 Å². The van der Waals surface area contributed by atoms with E-state index in [4.69, 9.17) is 0 Å². The molecule has 1 saturated carbocycles. The Balaban J connectivity index is 1.43. The molecule has 3 fully saturated rings. The first-order valence-electron chi connectivity index (χ1n) is 9.02. The van der Waals surface area contributed by atoms with Crippen molar-refractivity contribution in [1.82, 2.24) is 10.2 Å². The highest BCUT2D eigenvalue weighted by atomic mass is 15.2. The van der Waals surface area contributed by atoms with Crippen LogP contribution in [0.2, 0.25) is 0 Å². The maximum atomic E-state index is 4.02. The molecule has 0 aromatic carbocycles. The van der Waals surface area contributed by atoms with Crippen molar-refractivity contribution in [3.05, 3.63) is 0 Å². The summed E-state index contributed by atoms with van der Waals surface area (Å²) in [6, 6.07) is 2.53. The third-order valence-corrected chi connectivity index (χ3v) is 6.24. The van der Waals surface area contributed by atoms with Gasteiger partial charge in [0, 0.05) is 18.1 Å². The smallest absolute Gasteiger partial charge is 0.0111 e. The van der Waals surface area contributed by atoms with Gasteiger partial charge in [-0.05, 0) is 75.8 Å². The highest BCUT2D eigenvalue weighted by Crippen LogP contribution is 2.38. The van der Waals surface area contributed by atoms with Crippen LogP contribution in [0, 0.1) is 11.3 Å². The van der Waals surface area contributed by atoms with Crippen LogP contribution in [0.25, 0.3) is 0 Å². The lowest BCUT2D eigenvalue weighted by molar-refractivity contribution is 0.131. The van der Waals surface area contributed by atoms with E-state index in [1.54, 1.807) is 0 Å². The fourth-order valence-corrected chi connectivity index (χ4v) is 4.84. The van der Waals surface area contributed by atoms with Gasteiger partial charge < -0.3 is 10.2 Å². The second kappa shape index (κ2) is 5.96. The summed E-state index contributed by atoms with van der Waals surface area (Å²) in [5.41, 5.74) is 0.514. The Bertz CT molecular complexity index is 312. The Labute approximate surface area is 125 Å². The quantitative estimate of drug-likeness (QED) is 0.826.